The molecular formula is C22H28N4O3. The number of aromatic nitrogens is 3. The fourth-order valence-corrected chi connectivity index (χ4v) is 3.16. The second-order valence-corrected chi connectivity index (χ2v) is 7.33. The molecule has 0 saturated heterocycles. The molecule has 0 N–H and O–H groups in total. The van der Waals surface area contributed by atoms with Gasteiger partial charge >= 0.3 is 0 Å². The molecule has 2 heterocycles. The summed E-state index contributed by atoms with van der Waals surface area (Å²) in [7, 11) is 1.75. The van der Waals surface area contributed by atoms with Crippen molar-refractivity contribution in [1.29, 1.82) is 0 Å². The van der Waals surface area contributed by atoms with Crippen molar-refractivity contribution in [3.05, 3.63) is 63.8 Å². The van der Waals surface area contributed by atoms with E-state index in [-0.39, 0.29) is 18.2 Å². The van der Waals surface area contributed by atoms with Gasteiger partial charge in [0.15, 0.2) is 5.69 Å². The molecule has 0 atom stereocenters. The van der Waals surface area contributed by atoms with Crippen LogP contribution in [-0.4, -0.2) is 32.8 Å². The number of benzene rings is 1. The van der Waals surface area contributed by atoms with Crippen LogP contribution in [0.4, 0.5) is 0 Å². The van der Waals surface area contributed by atoms with Gasteiger partial charge in [-0.2, -0.15) is 5.10 Å². The lowest BCUT2D eigenvalue weighted by atomic mass is 10.1. The Bertz CT molecular complexity index is 1020. The van der Waals surface area contributed by atoms with Gasteiger partial charge in [0.05, 0.1) is 11.8 Å². The number of rotatable bonds is 7. The molecular weight excluding hydrogens is 368 g/mol. The molecule has 0 aliphatic rings. The lowest BCUT2D eigenvalue weighted by Gasteiger charge is -2.16. The Morgan fingerprint density at radius 2 is 1.97 bits per heavy atom. The number of aryl methyl sites for hydroxylation is 4. The van der Waals surface area contributed by atoms with E-state index in [1.807, 2.05) is 43.7 Å². The van der Waals surface area contributed by atoms with Gasteiger partial charge < -0.3 is 14.2 Å². The van der Waals surface area contributed by atoms with Gasteiger partial charge in [-0.25, -0.2) is 0 Å². The highest BCUT2D eigenvalue weighted by Crippen LogP contribution is 2.22. The highest BCUT2D eigenvalue weighted by molar-refractivity contribution is 5.93. The zero-order chi connectivity index (χ0) is 21.1. The Hall–Kier alpha value is -3.09. The summed E-state index contributed by atoms with van der Waals surface area (Å²) in [5.74, 6) is 1.13. The van der Waals surface area contributed by atoms with Crippen LogP contribution >= 0.6 is 0 Å². The lowest BCUT2D eigenvalue weighted by molar-refractivity contribution is 0.0772. The molecule has 0 fully saturated rings. The summed E-state index contributed by atoms with van der Waals surface area (Å²) in [5.41, 5.74) is 5.38. The lowest BCUT2D eigenvalue weighted by Crippen LogP contribution is -2.27. The molecule has 0 unspecified atom stereocenters. The Labute approximate surface area is 171 Å². The standard InChI is InChI=1S/C22H28N4O3/c1-7-26-16(4)18(11-23-26)12-25(6)22(27)21-20(17(5)29-24-21)13-28-19-9-8-14(2)15(3)10-19/h8-11H,7,12-13H2,1-6H3. The van der Waals surface area contributed by atoms with Crippen LogP contribution in [0.5, 0.6) is 5.75 Å². The highest BCUT2D eigenvalue weighted by Gasteiger charge is 2.24. The van der Waals surface area contributed by atoms with Gasteiger partial charge in [0.25, 0.3) is 5.91 Å². The van der Waals surface area contributed by atoms with E-state index in [0.717, 1.165) is 29.1 Å². The summed E-state index contributed by atoms with van der Waals surface area (Å²) in [4.78, 5) is 14.6. The molecule has 1 aromatic carbocycles. The van der Waals surface area contributed by atoms with Crippen molar-refractivity contribution in [2.24, 2.45) is 0 Å². The number of hydrogen-bond acceptors (Lipinski definition) is 5. The number of carbonyl (C=O) groups is 1. The van der Waals surface area contributed by atoms with Gasteiger partial charge in [-0.05, 0) is 57.9 Å². The van der Waals surface area contributed by atoms with Gasteiger partial charge in [-0.3, -0.25) is 9.48 Å². The Kier molecular flexibility index (Phi) is 6.06. The monoisotopic (exact) mass is 396 g/mol. The smallest absolute Gasteiger partial charge is 0.276 e. The molecule has 0 bridgehead atoms. The minimum Gasteiger partial charge on any atom is -0.489 e. The van der Waals surface area contributed by atoms with Crippen LogP contribution in [0.2, 0.25) is 0 Å². The van der Waals surface area contributed by atoms with Crippen molar-refractivity contribution in [2.75, 3.05) is 7.05 Å². The van der Waals surface area contributed by atoms with E-state index in [9.17, 15) is 4.79 Å². The summed E-state index contributed by atoms with van der Waals surface area (Å²) in [6, 6.07) is 5.93. The fourth-order valence-electron chi connectivity index (χ4n) is 3.16. The number of ether oxygens (including phenoxy) is 1. The molecule has 7 heteroatoms. The maximum atomic E-state index is 13.0. The van der Waals surface area contributed by atoms with Crippen LogP contribution in [0.1, 0.15) is 51.1 Å². The van der Waals surface area contributed by atoms with Crippen molar-refractivity contribution < 1.29 is 14.1 Å². The summed E-state index contributed by atoms with van der Waals surface area (Å²) < 4.78 is 13.1. The second kappa shape index (κ2) is 8.51. The molecule has 29 heavy (non-hydrogen) atoms. The Balaban J connectivity index is 1.74. The van der Waals surface area contributed by atoms with Crippen LogP contribution in [0.15, 0.2) is 28.9 Å². The summed E-state index contributed by atoms with van der Waals surface area (Å²) in [5, 5.41) is 8.34. The zero-order valence-electron chi connectivity index (χ0n) is 17.9. The molecule has 0 radical (unpaired) electrons. The third kappa shape index (κ3) is 4.34. The molecule has 154 valence electrons. The SMILES string of the molecule is CCn1ncc(CN(C)C(=O)c2noc(C)c2COc2ccc(C)c(C)c2)c1C. The largest absolute Gasteiger partial charge is 0.489 e. The second-order valence-electron chi connectivity index (χ2n) is 7.33. The van der Waals surface area contributed by atoms with E-state index < -0.39 is 0 Å². The van der Waals surface area contributed by atoms with E-state index in [1.165, 1.54) is 5.56 Å². The van der Waals surface area contributed by atoms with Crippen molar-refractivity contribution in [3.63, 3.8) is 0 Å². The molecule has 0 saturated carbocycles. The topological polar surface area (TPSA) is 73.4 Å². The first-order valence-corrected chi connectivity index (χ1v) is 9.73. The van der Waals surface area contributed by atoms with Crippen molar-refractivity contribution >= 4 is 5.91 Å². The van der Waals surface area contributed by atoms with Crippen LogP contribution in [0.25, 0.3) is 0 Å². The Morgan fingerprint density at radius 3 is 2.62 bits per heavy atom. The maximum Gasteiger partial charge on any atom is 0.276 e. The summed E-state index contributed by atoms with van der Waals surface area (Å²) in [6.45, 7) is 11.4. The summed E-state index contributed by atoms with van der Waals surface area (Å²) >= 11 is 0. The predicted octanol–water partition coefficient (Wildman–Crippen LogP) is 3.98. The third-order valence-electron chi connectivity index (χ3n) is 5.31. The van der Waals surface area contributed by atoms with E-state index in [2.05, 4.69) is 17.2 Å². The van der Waals surface area contributed by atoms with E-state index in [1.54, 1.807) is 25.1 Å². The average Bonchev–Trinajstić information content (AvgIpc) is 3.24. The number of hydrogen-bond donors (Lipinski definition) is 0. The molecule has 3 rings (SSSR count). The zero-order valence-corrected chi connectivity index (χ0v) is 17.9. The normalized spacial score (nSPS) is 11.0. The quantitative estimate of drug-likeness (QED) is 0.604. The van der Waals surface area contributed by atoms with Crippen molar-refractivity contribution in [1.82, 2.24) is 19.8 Å². The van der Waals surface area contributed by atoms with Gasteiger partial charge in [0.2, 0.25) is 0 Å². The van der Waals surface area contributed by atoms with Gasteiger partial charge in [-0.1, -0.05) is 11.2 Å². The number of nitrogens with zero attached hydrogens (tertiary/aromatic N) is 4. The van der Waals surface area contributed by atoms with Crippen molar-refractivity contribution in [2.45, 2.75) is 54.3 Å². The predicted molar refractivity (Wildman–Crippen MR) is 110 cm³/mol. The maximum absolute atomic E-state index is 13.0. The minimum atomic E-state index is -0.204. The molecule has 1 amide bonds. The van der Waals surface area contributed by atoms with E-state index in [4.69, 9.17) is 9.26 Å². The van der Waals surface area contributed by atoms with E-state index in [0.29, 0.717) is 17.9 Å². The van der Waals surface area contributed by atoms with Crippen LogP contribution in [0.3, 0.4) is 0 Å². The van der Waals surface area contributed by atoms with Gasteiger partial charge in [-0.15, -0.1) is 0 Å². The van der Waals surface area contributed by atoms with Crippen LogP contribution in [-0.2, 0) is 19.7 Å². The van der Waals surface area contributed by atoms with Crippen LogP contribution in [0, 0.1) is 27.7 Å². The number of amides is 1. The first kappa shape index (κ1) is 20.6. The molecule has 7 nitrogen and oxygen atoms in total. The first-order chi connectivity index (χ1) is 13.8. The first-order valence-electron chi connectivity index (χ1n) is 9.73. The van der Waals surface area contributed by atoms with E-state index >= 15 is 0 Å². The number of carbonyl (C=O) groups excluding carboxylic acids is 1. The molecule has 2 aromatic heterocycles. The molecule has 0 aliphatic heterocycles. The molecule has 0 aliphatic carbocycles. The van der Waals surface area contributed by atoms with Gasteiger partial charge in [0, 0.05) is 31.4 Å². The summed E-state index contributed by atoms with van der Waals surface area (Å²) in [6.07, 6.45) is 1.81. The third-order valence-corrected chi connectivity index (χ3v) is 5.31. The average molecular weight is 396 g/mol. The fraction of sp³-hybridized carbons (Fsp3) is 0.409. The molecule has 3 aromatic rings. The molecule has 0 spiro atoms. The minimum absolute atomic E-state index is 0.204. The highest BCUT2D eigenvalue weighted by atomic mass is 16.5. The van der Waals surface area contributed by atoms with Gasteiger partial charge in [0.1, 0.15) is 18.1 Å². The van der Waals surface area contributed by atoms with Crippen LogP contribution < -0.4 is 4.74 Å². The Morgan fingerprint density at radius 1 is 1.21 bits per heavy atom. The van der Waals surface area contributed by atoms with Crippen molar-refractivity contribution in [3.8, 4) is 5.75 Å².